The summed E-state index contributed by atoms with van der Waals surface area (Å²) in [5.41, 5.74) is 0. The predicted octanol–water partition coefficient (Wildman–Crippen LogP) is 2.57. The molecular weight excluding hydrogens is 310 g/mol. The first-order valence-electron chi connectivity index (χ1n) is 8.44. The number of carboxylic acids is 1. The molecule has 1 heterocycles. The first-order chi connectivity index (χ1) is 11.6. The van der Waals surface area contributed by atoms with Crippen molar-refractivity contribution >= 4 is 11.9 Å². The second kappa shape index (κ2) is 9.15. The van der Waals surface area contributed by atoms with Gasteiger partial charge in [0, 0.05) is 19.5 Å². The quantitative estimate of drug-likeness (QED) is 0.790. The maximum atomic E-state index is 12.4. The van der Waals surface area contributed by atoms with Crippen molar-refractivity contribution in [3.05, 3.63) is 24.3 Å². The third-order valence-electron chi connectivity index (χ3n) is 4.14. The molecule has 0 bridgehead atoms. The topological polar surface area (TPSA) is 76.1 Å². The highest BCUT2D eigenvalue weighted by atomic mass is 16.5. The van der Waals surface area contributed by atoms with E-state index in [9.17, 15) is 9.59 Å². The van der Waals surface area contributed by atoms with E-state index in [1.165, 1.54) is 0 Å². The Labute approximate surface area is 142 Å². The van der Waals surface area contributed by atoms with Crippen molar-refractivity contribution in [1.29, 1.82) is 0 Å². The van der Waals surface area contributed by atoms with E-state index in [1.807, 2.05) is 25.1 Å². The lowest BCUT2D eigenvalue weighted by Crippen LogP contribution is -2.42. The van der Waals surface area contributed by atoms with Crippen LogP contribution >= 0.6 is 0 Å². The number of para-hydroxylation sites is 2. The molecule has 24 heavy (non-hydrogen) atoms. The lowest BCUT2D eigenvalue weighted by atomic mass is 9.93. The zero-order chi connectivity index (χ0) is 17.4. The number of benzene rings is 1. The molecule has 0 unspecified atom stereocenters. The van der Waals surface area contributed by atoms with Crippen molar-refractivity contribution in [3.63, 3.8) is 0 Å². The fourth-order valence-corrected chi connectivity index (χ4v) is 2.93. The van der Waals surface area contributed by atoms with Gasteiger partial charge in [-0.1, -0.05) is 12.1 Å². The SMILES string of the molecule is CCOc1ccccc1OCC(=O)N1CCC[C@H](CCC(=O)O)C1. The molecule has 132 valence electrons. The zero-order valence-corrected chi connectivity index (χ0v) is 14.1. The van der Waals surface area contributed by atoms with Crippen molar-refractivity contribution in [3.8, 4) is 11.5 Å². The van der Waals surface area contributed by atoms with Crippen molar-refractivity contribution in [2.24, 2.45) is 5.92 Å². The van der Waals surface area contributed by atoms with Gasteiger partial charge in [-0.3, -0.25) is 9.59 Å². The van der Waals surface area contributed by atoms with E-state index >= 15 is 0 Å². The molecule has 1 amide bonds. The Morgan fingerprint density at radius 2 is 1.96 bits per heavy atom. The van der Waals surface area contributed by atoms with Crippen LogP contribution in [-0.4, -0.2) is 48.2 Å². The molecule has 1 aliphatic rings. The van der Waals surface area contributed by atoms with Crippen LogP contribution < -0.4 is 9.47 Å². The zero-order valence-electron chi connectivity index (χ0n) is 14.1. The molecule has 0 aromatic heterocycles. The Balaban J connectivity index is 1.84. The molecule has 0 spiro atoms. The van der Waals surface area contributed by atoms with Crippen LogP contribution in [0.25, 0.3) is 0 Å². The van der Waals surface area contributed by atoms with Crippen molar-refractivity contribution in [2.75, 3.05) is 26.3 Å². The van der Waals surface area contributed by atoms with Crippen LogP contribution in [0.1, 0.15) is 32.6 Å². The van der Waals surface area contributed by atoms with Crippen LogP contribution in [0.5, 0.6) is 11.5 Å². The van der Waals surface area contributed by atoms with Gasteiger partial charge in [0.25, 0.3) is 5.91 Å². The molecule has 1 aromatic carbocycles. The second-order valence-corrected chi connectivity index (χ2v) is 5.95. The van der Waals surface area contributed by atoms with Gasteiger partial charge in [0.05, 0.1) is 6.61 Å². The highest BCUT2D eigenvalue weighted by Gasteiger charge is 2.24. The van der Waals surface area contributed by atoms with Gasteiger partial charge < -0.3 is 19.5 Å². The number of likely N-dealkylation sites (tertiary alicyclic amines) is 1. The molecule has 0 aliphatic carbocycles. The molecule has 6 heteroatoms. The van der Waals surface area contributed by atoms with Crippen LogP contribution in [0.2, 0.25) is 0 Å². The molecule has 6 nitrogen and oxygen atoms in total. The van der Waals surface area contributed by atoms with Crippen LogP contribution in [0.4, 0.5) is 0 Å². The van der Waals surface area contributed by atoms with E-state index < -0.39 is 5.97 Å². The van der Waals surface area contributed by atoms with Gasteiger partial charge in [-0.15, -0.1) is 0 Å². The van der Waals surface area contributed by atoms with Gasteiger partial charge in [-0.2, -0.15) is 0 Å². The Kier molecular flexibility index (Phi) is 6.90. The number of ether oxygens (including phenoxy) is 2. The molecule has 1 aromatic rings. The smallest absolute Gasteiger partial charge is 0.303 e. The van der Waals surface area contributed by atoms with Gasteiger partial charge in [-0.05, 0) is 44.2 Å². The van der Waals surface area contributed by atoms with Gasteiger partial charge in [0.2, 0.25) is 0 Å². The molecule has 0 radical (unpaired) electrons. The summed E-state index contributed by atoms with van der Waals surface area (Å²) in [7, 11) is 0. The molecule has 1 atom stereocenters. The van der Waals surface area contributed by atoms with E-state index in [0.717, 1.165) is 12.8 Å². The molecule has 1 fully saturated rings. The van der Waals surface area contributed by atoms with Crippen LogP contribution in [0.15, 0.2) is 24.3 Å². The van der Waals surface area contributed by atoms with E-state index in [1.54, 1.807) is 11.0 Å². The Morgan fingerprint density at radius 1 is 1.25 bits per heavy atom. The first-order valence-corrected chi connectivity index (χ1v) is 8.44. The molecule has 1 N–H and O–H groups in total. The number of hydrogen-bond donors (Lipinski definition) is 1. The largest absolute Gasteiger partial charge is 0.490 e. The highest BCUT2D eigenvalue weighted by Crippen LogP contribution is 2.26. The van der Waals surface area contributed by atoms with Crippen LogP contribution in [0, 0.1) is 5.92 Å². The van der Waals surface area contributed by atoms with Crippen molar-refractivity contribution in [1.82, 2.24) is 4.90 Å². The Morgan fingerprint density at radius 3 is 2.62 bits per heavy atom. The fraction of sp³-hybridized carbons (Fsp3) is 0.556. The third kappa shape index (κ3) is 5.44. The number of piperidine rings is 1. The summed E-state index contributed by atoms with van der Waals surface area (Å²) in [6.07, 6.45) is 2.66. The summed E-state index contributed by atoms with van der Waals surface area (Å²) in [4.78, 5) is 24.8. The van der Waals surface area contributed by atoms with Crippen LogP contribution in [0.3, 0.4) is 0 Å². The van der Waals surface area contributed by atoms with Gasteiger partial charge in [0.1, 0.15) is 0 Å². The monoisotopic (exact) mass is 335 g/mol. The van der Waals surface area contributed by atoms with Gasteiger partial charge >= 0.3 is 5.97 Å². The molecule has 1 saturated heterocycles. The minimum absolute atomic E-state index is 0.0320. The maximum absolute atomic E-state index is 12.4. The Hall–Kier alpha value is -2.24. The molecular formula is C18H25NO5. The van der Waals surface area contributed by atoms with E-state index in [2.05, 4.69) is 0 Å². The summed E-state index contributed by atoms with van der Waals surface area (Å²) in [6.45, 7) is 3.72. The van der Waals surface area contributed by atoms with E-state index in [-0.39, 0.29) is 24.9 Å². The predicted molar refractivity (Wildman–Crippen MR) is 89.3 cm³/mol. The van der Waals surface area contributed by atoms with Gasteiger partial charge in [-0.25, -0.2) is 0 Å². The molecule has 1 aliphatic heterocycles. The first kappa shape index (κ1) is 18.1. The maximum Gasteiger partial charge on any atom is 0.303 e. The number of carbonyl (C=O) groups is 2. The van der Waals surface area contributed by atoms with E-state index in [4.69, 9.17) is 14.6 Å². The summed E-state index contributed by atoms with van der Waals surface area (Å²) in [5.74, 6) is 0.600. The fourth-order valence-electron chi connectivity index (χ4n) is 2.93. The van der Waals surface area contributed by atoms with Crippen molar-refractivity contribution in [2.45, 2.75) is 32.6 Å². The lowest BCUT2D eigenvalue weighted by Gasteiger charge is -2.32. The standard InChI is InChI=1S/C18H25NO5/c1-2-23-15-7-3-4-8-16(15)24-13-17(20)19-11-5-6-14(12-19)9-10-18(21)22/h3-4,7-8,14H,2,5-6,9-13H2,1H3,(H,21,22)/t14-/m1/s1. The number of carbonyl (C=O) groups excluding carboxylic acids is 1. The summed E-state index contributed by atoms with van der Waals surface area (Å²) in [5, 5.41) is 8.79. The van der Waals surface area contributed by atoms with E-state index in [0.29, 0.717) is 37.6 Å². The van der Waals surface area contributed by atoms with Crippen LogP contribution in [-0.2, 0) is 9.59 Å². The summed E-state index contributed by atoms with van der Waals surface area (Å²) >= 11 is 0. The molecule has 0 saturated carbocycles. The minimum Gasteiger partial charge on any atom is -0.490 e. The number of hydrogen-bond acceptors (Lipinski definition) is 4. The minimum atomic E-state index is -0.783. The second-order valence-electron chi connectivity index (χ2n) is 5.95. The third-order valence-corrected chi connectivity index (χ3v) is 4.14. The lowest BCUT2D eigenvalue weighted by molar-refractivity contribution is -0.137. The normalized spacial score (nSPS) is 17.4. The number of nitrogens with zero attached hydrogens (tertiary/aromatic N) is 1. The average Bonchev–Trinajstić information content (AvgIpc) is 2.59. The summed E-state index contributed by atoms with van der Waals surface area (Å²) < 4.78 is 11.1. The number of carboxylic acid groups (broad SMARTS) is 1. The molecule has 2 rings (SSSR count). The Bertz CT molecular complexity index is 560. The number of aliphatic carboxylic acids is 1. The summed E-state index contributed by atoms with van der Waals surface area (Å²) in [6, 6.07) is 7.29. The highest BCUT2D eigenvalue weighted by molar-refractivity contribution is 5.78. The number of rotatable bonds is 8. The average molecular weight is 335 g/mol. The number of amides is 1. The van der Waals surface area contributed by atoms with Crippen molar-refractivity contribution < 1.29 is 24.2 Å². The van der Waals surface area contributed by atoms with Gasteiger partial charge in [0.15, 0.2) is 18.1 Å².